The van der Waals surface area contributed by atoms with Crippen LogP contribution in [0.4, 0.5) is 10.5 Å². The van der Waals surface area contributed by atoms with E-state index < -0.39 is 0 Å². The zero-order valence-electron chi connectivity index (χ0n) is 22.2. The van der Waals surface area contributed by atoms with Crippen LogP contribution in [0.2, 0.25) is 0 Å². The zero-order valence-corrected chi connectivity index (χ0v) is 22.2. The summed E-state index contributed by atoms with van der Waals surface area (Å²) < 4.78 is 27.8. The predicted octanol–water partition coefficient (Wildman–Crippen LogP) is 4.57. The molecule has 2 aliphatic rings. The highest BCUT2D eigenvalue weighted by Gasteiger charge is 2.27. The number of methoxy groups -OCH3 is 1. The molecule has 1 atom stereocenters. The Hall–Kier alpha value is -4.18. The van der Waals surface area contributed by atoms with E-state index >= 15 is 0 Å². The van der Waals surface area contributed by atoms with E-state index in [0.29, 0.717) is 48.4 Å². The van der Waals surface area contributed by atoms with Gasteiger partial charge in [0.25, 0.3) is 0 Å². The molecule has 206 valence electrons. The van der Waals surface area contributed by atoms with Crippen molar-refractivity contribution in [2.24, 2.45) is 0 Å². The van der Waals surface area contributed by atoms with Crippen LogP contribution in [0.3, 0.4) is 0 Å². The van der Waals surface area contributed by atoms with Crippen LogP contribution in [-0.2, 0) is 22.6 Å². The lowest BCUT2D eigenvalue weighted by atomic mass is 10.1. The number of benzene rings is 2. The van der Waals surface area contributed by atoms with Gasteiger partial charge in [0, 0.05) is 31.5 Å². The number of hydrogen-bond donors (Lipinski definition) is 1. The average Bonchev–Trinajstić information content (AvgIpc) is 3.70. The zero-order chi connectivity index (χ0) is 27.2. The van der Waals surface area contributed by atoms with Crippen molar-refractivity contribution < 1.29 is 33.0 Å². The third kappa shape index (κ3) is 6.83. The van der Waals surface area contributed by atoms with Crippen molar-refractivity contribution in [1.82, 2.24) is 9.80 Å². The fourth-order valence-corrected chi connectivity index (χ4v) is 4.67. The summed E-state index contributed by atoms with van der Waals surface area (Å²) in [6, 6.07) is 16.0. The molecule has 0 spiro atoms. The van der Waals surface area contributed by atoms with E-state index in [4.69, 9.17) is 23.4 Å². The number of carbonyl (C=O) groups is 2. The first-order valence-corrected chi connectivity index (χ1v) is 13.0. The quantitative estimate of drug-likeness (QED) is 0.406. The van der Waals surface area contributed by atoms with Crippen LogP contribution < -0.4 is 19.5 Å². The summed E-state index contributed by atoms with van der Waals surface area (Å²) in [7, 11) is 1.57. The van der Waals surface area contributed by atoms with Gasteiger partial charge in [0.05, 0.1) is 19.8 Å². The summed E-state index contributed by atoms with van der Waals surface area (Å²) in [4.78, 5) is 30.4. The molecule has 1 aromatic heterocycles. The van der Waals surface area contributed by atoms with E-state index in [1.54, 1.807) is 36.3 Å². The third-order valence-corrected chi connectivity index (χ3v) is 6.69. The number of ether oxygens (including phenoxy) is 4. The highest BCUT2D eigenvalue weighted by atomic mass is 16.7. The van der Waals surface area contributed by atoms with Gasteiger partial charge in [0.15, 0.2) is 11.5 Å². The van der Waals surface area contributed by atoms with Crippen molar-refractivity contribution in [1.29, 1.82) is 0 Å². The SMILES string of the molecule is COc1cccc(NC(=O)N(CC(=O)N(Cc2ccc3c(c2)OCO3)Cc2ccc(C)o2)CC2CCCO2)c1. The summed E-state index contributed by atoms with van der Waals surface area (Å²) in [5, 5.41) is 2.90. The van der Waals surface area contributed by atoms with Crippen molar-refractivity contribution in [3.8, 4) is 17.2 Å². The number of aryl methyl sites for hydroxylation is 1. The summed E-state index contributed by atoms with van der Waals surface area (Å²) >= 11 is 0. The number of nitrogens with zero attached hydrogens (tertiary/aromatic N) is 2. The molecule has 39 heavy (non-hydrogen) atoms. The maximum atomic E-state index is 13.8. The molecular weight excluding hydrogens is 502 g/mol. The van der Waals surface area contributed by atoms with E-state index in [-0.39, 0.29) is 37.9 Å². The van der Waals surface area contributed by atoms with Gasteiger partial charge in [-0.05, 0) is 61.7 Å². The van der Waals surface area contributed by atoms with Crippen molar-refractivity contribution in [3.63, 3.8) is 0 Å². The number of rotatable bonds is 10. The van der Waals surface area contributed by atoms with Crippen molar-refractivity contribution in [3.05, 3.63) is 71.7 Å². The number of amides is 3. The van der Waals surface area contributed by atoms with Crippen molar-refractivity contribution in [2.45, 2.75) is 39.0 Å². The van der Waals surface area contributed by atoms with Gasteiger partial charge < -0.3 is 38.5 Å². The minimum Gasteiger partial charge on any atom is -0.497 e. The third-order valence-electron chi connectivity index (χ3n) is 6.69. The highest BCUT2D eigenvalue weighted by molar-refractivity contribution is 5.92. The molecule has 0 aliphatic carbocycles. The minimum atomic E-state index is -0.385. The lowest BCUT2D eigenvalue weighted by Gasteiger charge is -2.29. The number of urea groups is 1. The van der Waals surface area contributed by atoms with Crippen LogP contribution in [0.1, 0.15) is 29.9 Å². The molecule has 10 nitrogen and oxygen atoms in total. The van der Waals surface area contributed by atoms with Gasteiger partial charge in [-0.25, -0.2) is 4.79 Å². The number of furan rings is 1. The molecule has 3 aromatic rings. The largest absolute Gasteiger partial charge is 0.497 e. The smallest absolute Gasteiger partial charge is 0.322 e. The number of fused-ring (bicyclic) bond motifs is 1. The second kappa shape index (κ2) is 12.1. The molecule has 1 N–H and O–H groups in total. The highest BCUT2D eigenvalue weighted by Crippen LogP contribution is 2.33. The predicted molar refractivity (Wildman–Crippen MR) is 143 cm³/mol. The molecule has 0 saturated carbocycles. The molecule has 2 aliphatic heterocycles. The normalized spacial score (nSPS) is 15.7. The van der Waals surface area contributed by atoms with Crippen LogP contribution in [0.5, 0.6) is 17.2 Å². The molecule has 10 heteroatoms. The Labute approximate surface area is 227 Å². The minimum absolute atomic E-state index is 0.121. The van der Waals surface area contributed by atoms with E-state index in [2.05, 4.69) is 5.32 Å². The lowest BCUT2D eigenvalue weighted by molar-refractivity contribution is -0.133. The molecular formula is C29H33N3O7. The fraction of sp³-hybridized carbons (Fsp3) is 0.379. The van der Waals surface area contributed by atoms with E-state index in [1.165, 1.54) is 4.90 Å². The fourth-order valence-electron chi connectivity index (χ4n) is 4.67. The van der Waals surface area contributed by atoms with Crippen molar-refractivity contribution in [2.75, 3.05) is 38.9 Å². The Bertz CT molecular complexity index is 1300. The molecule has 2 aromatic carbocycles. The van der Waals surface area contributed by atoms with E-state index in [1.807, 2.05) is 37.3 Å². The maximum absolute atomic E-state index is 13.8. The van der Waals surface area contributed by atoms with Crippen LogP contribution in [0.15, 0.2) is 59.0 Å². The summed E-state index contributed by atoms with van der Waals surface area (Å²) in [5.74, 6) is 3.15. The van der Waals surface area contributed by atoms with Gasteiger partial charge in [-0.15, -0.1) is 0 Å². The molecule has 3 amide bonds. The van der Waals surface area contributed by atoms with Gasteiger partial charge in [0.1, 0.15) is 23.8 Å². The Morgan fingerprint density at radius 2 is 1.90 bits per heavy atom. The molecule has 5 rings (SSSR count). The number of carbonyl (C=O) groups excluding carboxylic acids is 2. The Morgan fingerprint density at radius 1 is 1.03 bits per heavy atom. The Kier molecular flexibility index (Phi) is 8.21. The topological polar surface area (TPSA) is 103 Å². The number of anilines is 1. The van der Waals surface area contributed by atoms with Crippen LogP contribution >= 0.6 is 0 Å². The first kappa shape index (κ1) is 26.4. The standard InChI is InChI=1S/C29H33N3O7/c1-20-8-10-25(39-20)17-31(15-21-9-11-26-27(13-21)38-19-37-26)28(33)18-32(16-24-7-4-12-36-24)29(34)30-22-5-3-6-23(14-22)35-2/h3,5-6,8-11,13-14,24H,4,7,12,15-19H2,1-2H3,(H,30,34). The van der Waals surface area contributed by atoms with Gasteiger partial charge in [-0.3, -0.25) is 4.79 Å². The number of nitrogens with one attached hydrogen (secondary N) is 1. The van der Waals surface area contributed by atoms with Crippen LogP contribution in [0.25, 0.3) is 0 Å². The van der Waals surface area contributed by atoms with Crippen molar-refractivity contribution >= 4 is 17.6 Å². The second-order valence-corrected chi connectivity index (χ2v) is 9.63. The monoisotopic (exact) mass is 535 g/mol. The van der Waals surface area contributed by atoms with Crippen LogP contribution in [-0.4, -0.2) is 61.4 Å². The maximum Gasteiger partial charge on any atom is 0.322 e. The number of hydrogen-bond acceptors (Lipinski definition) is 7. The first-order chi connectivity index (χ1) is 19.0. The molecule has 1 saturated heterocycles. The Morgan fingerprint density at radius 3 is 2.67 bits per heavy atom. The molecule has 1 unspecified atom stereocenters. The molecule has 0 bridgehead atoms. The lowest BCUT2D eigenvalue weighted by Crippen LogP contribution is -2.46. The van der Waals surface area contributed by atoms with E-state index in [9.17, 15) is 9.59 Å². The molecule has 1 fully saturated rings. The first-order valence-electron chi connectivity index (χ1n) is 13.0. The van der Waals surface area contributed by atoms with Gasteiger partial charge in [-0.1, -0.05) is 12.1 Å². The average molecular weight is 536 g/mol. The second-order valence-electron chi connectivity index (χ2n) is 9.63. The summed E-state index contributed by atoms with van der Waals surface area (Å²) in [5.41, 5.74) is 1.45. The van der Waals surface area contributed by atoms with E-state index in [0.717, 1.165) is 24.2 Å². The molecule has 3 heterocycles. The Balaban J connectivity index is 1.34. The summed E-state index contributed by atoms with van der Waals surface area (Å²) in [6.45, 7) is 3.43. The van der Waals surface area contributed by atoms with Gasteiger partial charge in [0.2, 0.25) is 12.7 Å². The van der Waals surface area contributed by atoms with Crippen LogP contribution in [0, 0.1) is 6.92 Å². The molecule has 0 radical (unpaired) electrons. The summed E-state index contributed by atoms with van der Waals surface area (Å²) in [6.07, 6.45) is 1.64. The van der Waals surface area contributed by atoms with Gasteiger partial charge in [-0.2, -0.15) is 0 Å². The van der Waals surface area contributed by atoms with Gasteiger partial charge >= 0.3 is 6.03 Å².